The second-order valence-electron chi connectivity index (χ2n) is 10.7. The SMILES string of the molecule is Cc1cc(F)ccc1-c1c2ccccc2c(-c2ccc(-n3c4ccccc4c4ccccc43)cc2)c2ccccc12. The quantitative estimate of drug-likeness (QED) is 0.201. The molecule has 1 heterocycles. The molecule has 8 aromatic rings. The fourth-order valence-corrected chi connectivity index (χ4v) is 6.62. The Kier molecular flexibility index (Phi) is 5.30. The molecule has 1 nitrogen and oxygen atoms in total. The molecule has 0 amide bonds. The number of halogens is 1. The summed E-state index contributed by atoms with van der Waals surface area (Å²) in [4.78, 5) is 0. The van der Waals surface area contributed by atoms with Crippen LogP contribution >= 0.6 is 0 Å². The van der Waals surface area contributed by atoms with Crippen LogP contribution in [0.25, 0.3) is 71.3 Å². The van der Waals surface area contributed by atoms with Crippen molar-refractivity contribution in [2.45, 2.75) is 6.92 Å². The Morgan fingerprint density at radius 1 is 0.463 bits per heavy atom. The second-order valence-corrected chi connectivity index (χ2v) is 10.7. The lowest BCUT2D eigenvalue weighted by molar-refractivity contribution is 0.627. The first-order chi connectivity index (χ1) is 20.2. The second kappa shape index (κ2) is 9.18. The van der Waals surface area contributed by atoms with Crippen molar-refractivity contribution < 1.29 is 4.39 Å². The maximum atomic E-state index is 14.1. The van der Waals surface area contributed by atoms with Gasteiger partial charge in [-0.15, -0.1) is 0 Å². The van der Waals surface area contributed by atoms with Gasteiger partial charge in [0, 0.05) is 16.5 Å². The Morgan fingerprint density at radius 3 is 1.44 bits per heavy atom. The van der Waals surface area contributed by atoms with Gasteiger partial charge >= 0.3 is 0 Å². The maximum absolute atomic E-state index is 14.1. The molecule has 0 aliphatic carbocycles. The molecule has 0 radical (unpaired) electrons. The van der Waals surface area contributed by atoms with Crippen molar-refractivity contribution in [3.63, 3.8) is 0 Å². The van der Waals surface area contributed by atoms with E-state index in [1.165, 1.54) is 54.5 Å². The smallest absolute Gasteiger partial charge is 0.123 e. The Bertz CT molecular complexity index is 2160. The largest absolute Gasteiger partial charge is 0.309 e. The first-order valence-corrected chi connectivity index (χ1v) is 14.0. The average molecular weight is 528 g/mol. The van der Waals surface area contributed by atoms with Gasteiger partial charge in [-0.25, -0.2) is 4.39 Å². The average Bonchev–Trinajstić information content (AvgIpc) is 3.35. The molecule has 0 bridgehead atoms. The van der Waals surface area contributed by atoms with Crippen molar-refractivity contribution in [3.05, 3.63) is 151 Å². The van der Waals surface area contributed by atoms with Crippen LogP contribution in [0.2, 0.25) is 0 Å². The fraction of sp³-hybridized carbons (Fsp3) is 0.0256. The summed E-state index contributed by atoms with van der Waals surface area (Å²) in [5.41, 5.74) is 9.08. The van der Waals surface area contributed by atoms with E-state index in [9.17, 15) is 4.39 Å². The number of fused-ring (bicyclic) bond motifs is 5. The molecule has 0 N–H and O–H groups in total. The molecule has 8 rings (SSSR count). The standard InChI is InChI=1S/C39H26FN/c1-25-24-27(40)20-23-29(25)39-34-14-4-2-12-32(34)38(33-13-3-5-15-35(33)39)26-18-21-28(22-19-26)41-36-16-8-6-10-30(36)31-11-7-9-17-37(31)41/h2-24H,1H3. The molecule has 0 saturated carbocycles. The van der Waals surface area contributed by atoms with Gasteiger partial charge in [-0.2, -0.15) is 0 Å². The first kappa shape index (κ1) is 23.7. The van der Waals surface area contributed by atoms with Crippen LogP contribution in [0, 0.1) is 12.7 Å². The number of benzene rings is 7. The van der Waals surface area contributed by atoms with Gasteiger partial charge in [0.15, 0.2) is 0 Å². The molecular weight excluding hydrogens is 501 g/mol. The van der Waals surface area contributed by atoms with E-state index < -0.39 is 0 Å². The minimum atomic E-state index is -0.208. The van der Waals surface area contributed by atoms with Gasteiger partial charge in [-0.1, -0.05) is 103 Å². The zero-order valence-electron chi connectivity index (χ0n) is 22.6. The summed E-state index contributed by atoms with van der Waals surface area (Å²) in [5.74, 6) is -0.208. The first-order valence-electron chi connectivity index (χ1n) is 14.0. The third kappa shape index (κ3) is 3.61. The van der Waals surface area contributed by atoms with E-state index in [2.05, 4.69) is 126 Å². The third-order valence-electron chi connectivity index (χ3n) is 8.38. The van der Waals surface area contributed by atoms with Crippen LogP contribution in [0.5, 0.6) is 0 Å². The van der Waals surface area contributed by atoms with Crippen LogP contribution in [0.4, 0.5) is 4.39 Å². The normalized spacial score (nSPS) is 11.7. The number of hydrogen-bond donors (Lipinski definition) is 0. The Morgan fingerprint density at radius 2 is 0.927 bits per heavy atom. The summed E-state index contributed by atoms with van der Waals surface area (Å²) in [6.45, 7) is 1.99. The number of hydrogen-bond acceptors (Lipinski definition) is 0. The molecule has 0 atom stereocenters. The highest BCUT2D eigenvalue weighted by molar-refractivity contribution is 6.21. The van der Waals surface area contributed by atoms with Gasteiger partial charge in [0.2, 0.25) is 0 Å². The maximum Gasteiger partial charge on any atom is 0.123 e. The zero-order valence-corrected chi connectivity index (χ0v) is 22.6. The van der Waals surface area contributed by atoms with Crippen LogP contribution in [-0.4, -0.2) is 4.57 Å². The summed E-state index contributed by atoms with van der Waals surface area (Å²) in [6, 6.07) is 48.5. The van der Waals surface area contributed by atoms with E-state index in [1.807, 2.05) is 13.0 Å². The number of nitrogens with zero attached hydrogens (tertiary/aromatic N) is 1. The van der Waals surface area contributed by atoms with Crippen LogP contribution in [0.1, 0.15) is 5.56 Å². The Labute approximate surface area is 237 Å². The number of aromatic nitrogens is 1. The molecular formula is C39H26FN. The van der Waals surface area contributed by atoms with Crippen molar-refractivity contribution in [2.24, 2.45) is 0 Å². The molecule has 0 spiro atoms. The summed E-state index contributed by atoms with van der Waals surface area (Å²) in [7, 11) is 0. The topological polar surface area (TPSA) is 4.93 Å². The lowest BCUT2D eigenvalue weighted by Gasteiger charge is -2.19. The van der Waals surface area contributed by atoms with Crippen LogP contribution in [0.3, 0.4) is 0 Å². The van der Waals surface area contributed by atoms with E-state index in [0.717, 1.165) is 22.4 Å². The number of rotatable bonds is 3. The highest BCUT2D eigenvalue weighted by atomic mass is 19.1. The zero-order chi connectivity index (χ0) is 27.5. The van der Waals surface area contributed by atoms with Gasteiger partial charge in [0.25, 0.3) is 0 Å². The van der Waals surface area contributed by atoms with Crippen molar-refractivity contribution in [1.82, 2.24) is 4.57 Å². The summed E-state index contributed by atoms with van der Waals surface area (Å²) >= 11 is 0. The van der Waals surface area contributed by atoms with Crippen LogP contribution < -0.4 is 0 Å². The summed E-state index contributed by atoms with van der Waals surface area (Å²) < 4.78 is 16.4. The van der Waals surface area contributed by atoms with Crippen molar-refractivity contribution in [3.8, 4) is 27.9 Å². The predicted octanol–water partition coefficient (Wildman–Crippen LogP) is 10.9. The van der Waals surface area contributed by atoms with Crippen molar-refractivity contribution >= 4 is 43.4 Å². The monoisotopic (exact) mass is 527 g/mol. The van der Waals surface area contributed by atoms with Gasteiger partial charge in [-0.05, 0) is 92.7 Å². The fourth-order valence-electron chi connectivity index (χ4n) is 6.62. The molecule has 0 saturated heterocycles. The molecule has 194 valence electrons. The molecule has 0 aliphatic rings. The molecule has 2 heteroatoms. The van der Waals surface area contributed by atoms with Gasteiger partial charge in [-0.3, -0.25) is 0 Å². The Hall–Kier alpha value is -5.21. The highest BCUT2D eigenvalue weighted by Gasteiger charge is 2.18. The molecule has 1 aromatic heterocycles. The van der Waals surface area contributed by atoms with Crippen LogP contribution in [-0.2, 0) is 0 Å². The summed E-state index contributed by atoms with van der Waals surface area (Å²) in [5, 5.41) is 7.24. The number of aryl methyl sites for hydroxylation is 1. The lowest BCUT2D eigenvalue weighted by Crippen LogP contribution is -1.95. The summed E-state index contributed by atoms with van der Waals surface area (Å²) in [6.07, 6.45) is 0. The van der Waals surface area contributed by atoms with E-state index in [0.29, 0.717) is 0 Å². The van der Waals surface area contributed by atoms with Gasteiger partial charge in [0.05, 0.1) is 11.0 Å². The molecule has 0 fully saturated rings. The lowest BCUT2D eigenvalue weighted by atomic mass is 9.85. The van der Waals surface area contributed by atoms with Crippen LogP contribution in [0.15, 0.2) is 140 Å². The Balaban J connectivity index is 1.38. The molecule has 7 aromatic carbocycles. The third-order valence-corrected chi connectivity index (χ3v) is 8.38. The minimum Gasteiger partial charge on any atom is -0.309 e. The molecule has 41 heavy (non-hydrogen) atoms. The predicted molar refractivity (Wildman–Crippen MR) is 171 cm³/mol. The molecule has 0 aliphatic heterocycles. The van der Waals surface area contributed by atoms with Gasteiger partial charge < -0.3 is 4.57 Å². The van der Waals surface area contributed by atoms with E-state index in [-0.39, 0.29) is 5.82 Å². The minimum absolute atomic E-state index is 0.208. The molecule has 0 unspecified atom stereocenters. The van der Waals surface area contributed by atoms with E-state index in [4.69, 9.17) is 0 Å². The van der Waals surface area contributed by atoms with E-state index in [1.54, 1.807) is 12.1 Å². The van der Waals surface area contributed by atoms with E-state index >= 15 is 0 Å². The van der Waals surface area contributed by atoms with Crippen molar-refractivity contribution in [1.29, 1.82) is 0 Å². The highest BCUT2D eigenvalue weighted by Crippen LogP contribution is 2.44. The van der Waals surface area contributed by atoms with Crippen molar-refractivity contribution in [2.75, 3.05) is 0 Å². The number of para-hydroxylation sites is 2. The van der Waals surface area contributed by atoms with Gasteiger partial charge in [0.1, 0.15) is 5.82 Å².